The summed E-state index contributed by atoms with van der Waals surface area (Å²) >= 11 is 11.3. The third-order valence-corrected chi connectivity index (χ3v) is 4.91. The van der Waals surface area contributed by atoms with Crippen LogP contribution in [0.3, 0.4) is 0 Å². The summed E-state index contributed by atoms with van der Waals surface area (Å²) in [4.78, 5) is 1.38. The summed E-state index contributed by atoms with van der Waals surface area (Å²) in [5.41, 5.74) is 1.29. The maximum absolute atomic E-state index is 5.96. The quantitative estimate of drug-likeness (QED) is 0.724. The number of hydrogen-bond acceptors (Lipinski definition) is 2. The van der Waals surface area contributed by atoms with Crippen molar-refractivity contribution in [2.75, 3.05) is 6.54 Å². The molecule has 19 heavy (non-hydrogen) atoms. The zero-order valence-corrected chi connectivity index (χ0v) is 14.0. The maximum atomic E-state index is 5.96. The summed E-state index contributed by atoms with van der Waals surface area (Å²) in [6.07, 6.45) is 2.15. The van der Waals surface area contributed by atoms with E-state index >= 15 is 0 Å². The van der Waals surface area contributed by atoms with Gasteiger partial charge >= 0.3 is 0 Å². The highest BCUT2D eigenvalue weighted by Gasteiger charge is 2.12. The molecule has 1 aromatic carbocycles. The zero-order chi connectivity index (χ0) is 13.7. The summed E-state index contributed by atoms with van der Waals surface area (Å²) in [5, 5.41) is 6.53. The van der Waals surface area contributed by atoms with Gasteiger partial charge in [-0.15, -0.1) is 11.3 Å². The Balaban J connectivity index is 2.13. The van der Waals surface area contributed by atoms with Gasteiger partial charge in [-0.25, -0.2) is 0 Å². The molecule has 0 saturated carbocycles. The number of thiophene rings is 1. The monoisotopic (exact) mass is 357 g/mol. The van der Waals surface area contributed by atoms with Crippen LogP contribution in [0.25, 0.3) is 0 Å². The summed E-state index contributed by atoms with van der Waals surface area (Å²) in [6.45, 7) is 3.22. The molecule has 0 aliphatic carbocycles. The predicted molar refractivity (Wildman–Crippen MR) is 88.2 cm³/mol. The second kappa shape index (κ2) is 7.44. The van der Waals surface area contributed by atoms with E-state index in [2.05, 4.69) is 51.7 Å². The van der Waals surface area contributed by atoms with Crippen LogP contribution in [-0.4, -0.2) is 6.54 Å². The molecule has 1 heterocycles. The SMILES string of the molecule is CCCNC(Cc1cc(Br)cs1)c1ccc(Cl)cc1. The highest BCUT2D eigenvalue weighted by atomic mass is 79.9. The molecule has 2 rings (SSSR count). The van der Waals surface area contributed by atoms with Crippen molar-refractivity contribution in [2.45, 2.75) is 25.8 Å². The molecule has 1 unspecified atom stereocenters. The molecule has 0 spiro atoms. The van der Waals surface area contributed by atoms with E-state index in [1.807, 2.05) is 12.1 Å². The molecule has 1 aromatic heterocycles. The average Bonchev–Trinajstić information content (AvgIpc) is 2.81. The van der Waals surface area contributed by atoms with Gasteiger partial charge in [0.1, 0.15) is 0 Å². The first-order valence-electron chi connectivity index (χ1n) is 6.40. The fourth-order valence-corrected chi connectivity index (χ4v) is 3.61. The third kappa shape index (κ3) is 4.60. The van der Waals surface area contributed by atoms with E-state index in [-0.39, 0.29) is 0 Å². The minimum absolute atomic E-state index is 0.350. The Labute approximate surface area is 132 Å². The molecule has 0 saturated heterocycles. The molecular weight excluding hydrogens is 342 g/mol. The van der Waals surface area contributed by atoms with Crippen LogP contribution in [0.5, 0.6) is 0 Å². The summed E-state index contributed by atoms with van der Waals surface area (Å²) in [6, 6.07) is 10.7. The van der Waals surface area contributed by atoms with Crippen LogP contribution >= 0.6 is 38.9 Å². The number of halogens is 2. The van der Waals surface area contributed by atoms with Gasteiger partial charge in [-0.05, 0) is 52.7 Å². The lowest BCUT2D eigenvalue weighted by atomic mass is 10.0. The number of hydrogen-bond donors (Lipinski definition) is 1. The molecule has 0 fully saturated rings. The van der Waals surface area contributed by atoms with Gasteiger partial charge in [0.05, 0.1) is 0 Å². The average molecular weight is 359 g/mol. The Bertz CT molecular complexity index is 509. The molecule has 1 nitrogen and oxygen atoms in total. The van der Waals surface area contributed by atoms with Gasteiger partial charge in [0.2, 0.25) is 0 Å². The highest BCUT2D eigenvalue weighted by molar-refractivity contribution is 9.10. The van der Waals surface area contributed by atoms with Crippen LogP contribution < -0.4 is 5.32 Å². The lowest BCUT2D eigenvalue weighted by molar-refractivity contribution is 0.532. The molecule has 1 N–H and O–H groups in total. The summed E-state index contributed by atoms with van der Waals surface area (Å²) in [5.74, 6) is 0. The van der Waals surface area contributed by atoms with Gasteiger partial charge in [0, 0.05) is 32.2 Å². The van der Waals surface area contributed by atoms with Gasteiger partial charge < -0.3 is 5.32 Å². The molecule has 0 aliphatic rings. The molecule has 2 aromatic rings. The number of rotatable bonds is 6. The molecule has 0 aliphatic heterocycles. The van der Waals surface area contributed by atoms with Crippen LogP contribution in [0, 0.1) is 0 Å². The van der Waals surface area contributed by atoms with Crippen LogP contribution in [-0.2, 0) is 6.42 Å². The van der Waals surface area contributed by atoms with E-state index in [0.717, 1.165) is 28.9 Å². The van der Waals surface area contributed by atoms with Crippen molar-refractivity contribution in [1.29, 1.82) is 0 Å². The van der Waals surface area contributed by atoms with Gasteiger partial charge in [0.15, 0.2) is 0 Å². The predicted octanol–water partition coefficient (Wildman–Crippen LogP) is 5.45. The molecule has 0 amide bonds. The topological polar surface area (TPSA) is 12.0 Å². The normalized spacial score (nSPS) is 12.6. The first-order valence-corrected chi connectivity index (χ1v) is 8.46. The van der Waals surface area contributed by atoms with Crippen molar-refractivity contribution in [3.8, 4) is 0 Å². The van der Waals surface area contributed by atoms with Crippen molar-refractivity contribution in [3.63, 3.8) is 0 Å². The standard InChI is InChI=1S/C15H17BrClNS/c1-2-7-18-15(9-14-8-12(16)10-19-14)11-3-5-13(17)6-4-11/h3-6,8,10,15,18H,2,7,9H2,1H3. The third-order valence-electron chi connectivity index (χ3n) is 2.94. The number of nitrogens with one attached hydrogen (secondary N) is 1. The molecule has 4 heteroatoms. The first kappa shape index (κ1) is 15.0. The Morgan fingerprint density at radius 1 is 1.32 bits per heavy atom. The second-order valence-corrected chi connectivity index (χ2v) is 6.84. The van der Waals surface area contributed by atoms with Crippen molar-refractivity contribution in [1.82, 2.24) is 5.32 Å². The van der Waals surface area contributed by atoms with Crippen molar-refractivity contribution in [2.24, 2.45) is 0 Å². The second-order valence-electron chi connectivity index (χ2n) is 4.49. The lowest BCUT2D eigenvalue weighted by Crippen LogP contribution is -2.23. The van der Waals surface area contributed by atoms with E-state index in [9.17, 15) is 0 Å². The Morgan fingerprint density at radius 2 is 2.05 bits per heavy atom. The van der Waals surface area contributed by atoms with Gasteiger partial charge in [-0.1, -0.05) is 30.7 Å². The molecule has 0 bridgehead atoms. The highest BCUT2D eigenvalue weighted by Crippen LogP contribution is 2.26. The van der Waals surface area contributed by atoms with E-state index in [1.165, 1.54) is 10.4 Å². The van der Waals surface area contributed by atoms with E-state index in [0.29, 0.717) is 6.04 Å². The van der Waals surface area contributed by atoms with Crippen molar-refractivity contribution in [3.05, 3.63) is 55.6 Å². The molecular formula is C15H17BrClNS. The van der Waals surface area contributed by atoms with Crippen LogP contribution in [0.4, 0.5) is 0 Å². The van der Waals surface area contributed by atoms with Crippen molar-refractivity contribution >= 4 is 38.9 Å². The fraction of sp³-hybridized carbons (Fsp3) is 0.333. The van der Waals surface area contributed by atoms with Gasteiger partial charge in [-0.3, -0.25) is 0 Å². The van der Waals surface area contributed by atoms with E-state index in [1.54, 1.807) is 11.3 Å². The van der Waals surface area contributed by atoms with Crippen LogP contribution in [0.2, 0.25) is 5.02 Å². The Morgan fingerprint density at radius 3 is 2.63 bits per heavy atom. The largest absolute Gasteiger partial charge is 0.310 e. The fourth-order valence-electron chi connectivity index (χ4n) is 1.98. The smallest absolute Gasteiger partial charge is 0.0406 e. The Hall–Kier alpha value is -0.350. The number of benzene rings is 1. The summed E-state index contributed by atoms with van der Waals surface area (Å²) < 4.78 is 1.16. The minimum Gasteiger partial charge on any atom is -0.310 e. The van der Waals surface area contributed by atoms with Gasteiger partial charge in [0.25, 0.3) is 0 Å². The molecule has 0 radical (unpaired) electrons. The Kier molecular flexibility index (Phi) is 5.89. The van der Waals surface area contributed by atoms with E-state index in [4.69, 9.17) is 11.6 Å². The molecule has 1 atom stereocenters. The first-order chi connectivity index (χ1) is 9.19. The van der Waals surface area contributed by atoms with Crippen LogP contribution in [0.15, 0.2) is 40.2 Å². The maximum Gasteiger partial charge on any atom is 0.0406 e. The zero-order valence-electron chi connectivity index (χ0n) is 10.8. The van der Waals surface area contributed by atoms with Crippen LogP contribution in [0.1, 0.15) is 29.8 Å². The molecule has 102 valence electrons. The van der Waals surface area contributed by atoms with Gasteiger partial charge in [-0.2, -0.15) is 0 Å². The van der Waals surface area contributed by atoms with Crippen molar-refractivity contribution < 1.29 is 0 Å². The lowest BCUT2D eigenvalue weighted by Gasteiger charge is -2.18. The minimum atomic E-state index is 0.350. The summed E-state index contributed by atoms with van der Waals surface area (Å²) in [7, 11) is 0. The van der Waals surface area contributed by atoms with E-state index < -0.39 is 0 Å².